The summed E-state index contributed by atoms with van der Waals surface area (Å²) in [4.78, 5) is 4.26. The minimum Gasteiger partial charge on any atom is -0.497 e. The molecule has 68 valence electrons. The zero-order chi connectivity index (χ0) is 9.26. The summed E-state index contributed by atoms with van der Waals surface area (Å²) < 4.78 is 7.15. The quantitative estimate of drug-likeness (QED) is 0.685. The van der Waals surface area contributed by atoms with E-state index in [2.05, 4.69) is 4.98 Å². The van der Waals surface area contributed by atoms with Crippen molar-refractivity contribution in [2.45, 2.75) is 5.16 Å². The Labute approximate surface area is 80.7 Å². The van der Waals surface area contributed by atoms with Crippen LogP contribution in [0.2, 0.25) is 0 Å². The molecule has 0 aliphatic heterocycles. The van der Waals surface area contributed by atoms with Crippen LogP contribution in [0.4, 0.5) is 0 Å². The molecule has 4 heteroatoms. The Morgan fingerprint density at radius 1 is 1.54 bits per heavy atom. The van der Waals surface area contributed by atoms with Crippen molar-refractivity contribution in [1.82, 2.24) is 9.38 Å². The van der Waals surface area contributed by atoms with E-state index in [1.165, 1.54) is 0 Å². The van der Waals surface area contributed by atoms with Crippen LogP contribution in [0.5, 0.6) is 5.75 Å². The lowest BCUT2D eigenvalue weighted by Gasteiger charge is -2.00. The molecular formula is C9H10N2OS. The van der Waals surface area contributed by atoms with E-state index < -0.39 is 0 Å². The monoisotopic (exact) mass is 194 g/mol. The highest BCUT2D eigenvalue weighted by Gasteiger charge is 2.01. The Balaban J connectivity index is 2.61. The van der Waals surface area contributed by atoms with Gasteiger partial charge in [-0.3, -0.25) is 4.40 Å². The second-order valence-electron chi connectivity index (χ2n) is 2.61. The van der Waals surface area contributed by atoms with E-state index >= 15 is 0 Å². The van der Waals surface area contributed by atoms with Gasteiger partial charge in [-0.15, -0.1) is 0 Å². The predicted octanol–water partition coefficient (Wildman–Crippen LogP) is 2.06. The third kappa shape index (κ3) is 1.37. The summed E-state index contributed by atoms with van der Waals surface area (Å²) >= 11 is 1.63. The molecule has 0 fully saturated rings. The predicted molar refractivity (Wildman–Crippen MR) is 53.5 cm³/mol. The highest BCUT2D eigenvalue weighted by molar-refractivity contribution is 7.98. The summed E-state index contributed by atoms with van der Waals surface area (Å²) in [6.45, 7) is 0. The van der Waals surface area contributed by atoms with Crippen molar-refractivity contribution in [2.24, 2.45) is 0 Å². The summed E-state index contributed by atoms with van der Waals surface area (Å²) in [6.07, 6.45) is 5.82. The Bertz CT molecular complexity index is 424. The third-order valence-corrected chi connectivity index (χ3v) is 2.56. The molecule has 0 unspecified atom stereocenters. The largest absolute Gasteiger partial charge is 0.497 e. The van der Waals surface area contributed by atoms with Gasteiger partial charge in [-0.05, 0) is 12.3 Å². The number of hydrogen-bond acceptors (Lipinski definition) is 3. The first-order chi connectivity index (χ1) is 6.35. The zero-order valence-corrected chi connectivity index (χ0v) is 8.34. The molecule has 0 spiro atoms. The Morgan fingerprint density at radius 2 is 2.38 bits per heavy atom. The van der Waals surface area contributed by atoms with Crippen molar-refractivity contribution in [1.29, 1.82) is 0 Å². The fraction of sp³-hybridized carbons (Fsp3) is 0.222. The van der Waals surface area contributed by atoms with E-state index in [9.17, 15) is 0 Å². The van der Waals surface area contributed by atoms with Gasteiger partial charge >= 0.3 is 0 Å². The summed E-state index contributed by atoms with van der Waals surface area (Å²) in [6, 6.07) is 3.89. The van der Waals surface area contributed by atoms with Crippen LogP contribution in [-0.2, 0) is 0 Å². The van der Waals surface area contributed by atoms with Gasteiger partial charge in [-0.25, -0.2) is 4.98 Å². The number of imidazole rings is 1. The average molecular weight is 194 g/mol. The Hall–Kier alpha value is -1.16. The highest BCUT2D eigenvalue weighted by Crippen LogP contribution is 2.19. The van der Waals surface area contributed by atoms with Crippen molar-refractivity contribution < 1.29 is 4.74 Å². The van der Waals surface area contributed by atoms with E-state index in [1.807, 2.05) is 35.2 Å². The van der Waals surface area contributed by atoms with E-state index in [1.54, 1.807) is 18.9 Å². The standard InChI is InChI=1S/C9H10N2OS/c1-12-8-3-4-11-7(5-8)6-10-9(11)13-2/h3-6H,1-2H3. The van der Waals surface area contributed by atoms with Gasteiger partial charge in [0.1, 0.15) is 5.75 Å². The average Bonchev–Trinajstić information content (AvgIpc) is 2.59. The fourth-order valence-electron chi connectivity index (χ4n) is 1.23. The lowest BCUT2D eigenvalue weighted by Crippen LogP contribution is -1.88. The lowest BCUT2D eigenvalue weighted by molar-refractivity contribution is 0.414. The highest BCUT2D eigenvalue weighted by atomic mass is 32.2. The van der Waals surface area contributed by atoms with Gasteiger partial charge in [-0.1, -0.05) is 11.8 Å². The molecule has 0 aliphatic carbocycles. The number of ether oxygens (including phenoxy) is 1. The summed E-state index contributed by atoms with van der Waals surface area (Å²) in [5.74, 6) is 0.861. The maximum atomic E-state index is 5.12. The molecule has 13 heavy (non-hydrogen) atoms. The van der Waals surface area contributed by atoms with E-state index in [0.29, 0.717) is 0 Å². The molecule has 0 atom stereocenters. The molecule has 0 aromatic carbocycles. The normalized spacial score (nSPS) is 10.6. The first kappa shape index (κ1) is 8.44. The first-order valence-corrected chi connectivity index (χ1v) is 5.12. The second kappa shape index (κ2) is 3.30. The van der Waals surface area contributed by atoms with Gasteiger partial charge in [0.25, 0.3) is 0 Å². The van der Waals surface area contributed by atoms with Gasteiger partial charge in [0.15, 0.2) is 5.16 Å². The van der Waals surface area contributed by atoms with Gasteiger partial charge in [-0.2, -0.15) is 0 Å². The van der Waals surface area contributed by atoms with Gasteiger partial charge in [0.2, 0.25) is 0 Å². The number of aromatic nitrogens is 2. The molecule has 2 aromatic heterocycles. The molecule has 0 radical (unpaired) electrons. The van der Waals surface area contributed by atoms with Crippen molar-refractivity contribution in [3.63, 3.8) is 0 Å². The molecule has 0 saturated carbocycles. The summed E-state index contributed by atoms with van der Waals surface area (Å²) in [5, 5.41) is 0.998. The van der Waals surface area contributed by atoms with Crippen LogP contribution in [0, 0.1) is 0 Å². The van der Waals surface area contributed by atoms with Crippen LogP contribution in [0.25, 0.3) is 5.52 Å². The third-order valence-electron chi connectivity index (χ3n) is 1.89. The number of fused-ring (bicyclic) bond motifs is 1. The molecular weight excluding hydrogens is 184 g/mol. The Kier molecular flexibility index (Phi) is 2.14. The van der Waals surface area contributed by atoms with Gasteiger partial charge < -0.3 is 4.74 Å². The summed E-state index contributed by atoms with van der Waals surface area (Å²) in [7, 11) is 1.66. The molecule has 3 nitrogen and oxygen atoms in total. The zero-order valence-electron chi connectivity index (χ0n) is 7.52. The maximum Gasteiger partial charge on any atom is 0.172 e. The number of methoxy groups -OCH3 is 1. The molecule has 2 rings (SSSR count). The SMILES string of the molecule is COc1ccn2c(SC)ncc2c1. The van der Waals surface area contributed by atoms with Crippen molar-refractivity contribution in [3.05, 3.63) is 24.5 Å². The number of thioether (sulfide) groups is 1. The minimum absolute atomic E-state index is 0.861. The maximum absolute atomic E-state index is 5.12. The smallest absolute Gasteiger partial charge is 0.172 e. The summed E-state index contributed by atoms with van der Waals surface area (Å²) in [5.41, 5.74) is 1.06. The van der Waals surface area contributed by atoms with Gasteiger partial charge in [0.05, 0.1) is 18.8 Å². The van der Waals surface area contributed by atoms with Crippen molar-refractivity contribution in [3.8, 4) is 5.75 Å². The number of hydrogen-bond donors (Lipinski definition) is 0. The van der Waals surface area contributed by atoms with E-state index in [0.717, 1.165) is 16.4 Å². The number of nitrogens with zero attached hydrogens (tertiary/aromatic N) is 2. The molecule has 0 bridgehead atoms. The molecule has 2 heterocycles. The minimum atomic E-state index is 0.861. The van der Waals surface area contributed by atoms with Crippen LogP contribution in [-0.4, -0.2) is 22.8 Å². The number of pyridine rings is 1. The topological polar surface area (TPSA) is 26.5 Å². The Morgan fingerprint density at radius 3 is 3.08 bits per heavy atom. The van der Waals surface area contributed by atoms with Crippen LogP contribution < -0.4 is 4.74 Å². The van der Waals surface area contributed by atoms with Crippen LogP contribution in [0.3, 0.4) is 0 Å². The van der Waals surface area contributed by atoms with Crippen LogP contribution in [0.15, 0.2) is 29.7 Å². The molecule has 0 amide bonds. The lowest BCUT2D eigenvalue weighted by atomic mass is 10.4. The van der Waals surface area contributed by atoms with Crippen LogP contribution in [0.1, 0.15) is 0 Å². The molecule has 2 aromatic rings. The van der Waals surface area contributed by atoms with Gasteiger partial charge in [0, 0.05) is 12.3 Å². The molecule has 0 N–H and O–H groups in total. The number of rotatable bonds is 2. The van der Waals surface area contributed by atoms with E-state index in [4.69, 9.17) is 4.74 Å². The van der Waals surface area contributed by atoms with Crippen LogP contribution >= 0.6 is 11.8 Å². The second-order valence-corrected chi connectivity index (χ2v) is 3.38. The van der Waals surface area contributed by atoms with Crippen molar-refractivity contribution in [2.75, 3.05) is 13.4 Å². The van der Waals surface area contributed by atoms with Crippen molar-refractivity contribution >= 4 is 17.3 Å². The molecule has 0 aliphatic rings. The van der Waals surface area contributed by atoms with E-state index in [-0.39, 0.29) is 0 Å². The first-order valence-electron chi connectivity index (χ1n) is 3.90. The molecule has 0 saturated heterocycles. The fourth-order valence-corrected chi connectivity index (χ4v) is 1.75.